The molecule has 0 saturated heterocycles. The van der Waals surface area contributed by atoms with E-state index in [0.717, 1.165) is 0 Å². The molecule has 0 aromatic heterocycles. The van der Waals surface area contributed by atoms with Crippen molar-refractivity contribution in [2.24, 2.45) is 0 Å². The van der Waals surface area contributed by atoms with Gasteiger partial charge in [0, 0.05) is 16.3 Å². The number of hydrogen-bond acceptors (Lipinski definition) is 5. The minimum Gasteiger partial charge on any atom is -0.479 e. The van der Waals surface area contributed by atoms with Gasteiger partial charge in [-0.05, 0) is 79.4 Å². The Kier molecular flexibility index (Phi) is 7.54. The van der Waals surface area contributed by atoms with Crippen molar-refractivity contribution in [3.05, 3.63) is 82.4 Å². The van der Waals surface area contributed by atoms with E-state index >= 15 is 0 Å². The first-order chi connectivity index (χ1) is 16.4. The number of sulfonamides is 1. The van der Waals surface area contributed by atoms with E-state index < -0.39 is 34.0 Å². The zero-order chi connectivity index (χ0) is 26.0. The third-order valence-corrected chi connectivity index (χ3v) is 7.45. The number of aliphatic hydroxyl groups excluding tert-OH is 1. The molecule has 1 atom stereocenters. The van der Waals surface area contributed by atoms with Crippen molar-refractivity contribution >= 4 is 39.2 Å². The number of rotatable bonds is 8. The normalized spacial score (nSPS) is 13.1. The Bertz CT molecular complexity index is 1390. The average molecular weight is 517 g/mol. The summed E-state index contributed by atoms with van der Waals surface area (Å²) in [4.78, 5) is 23.9. The second-order valence-corrected chi connectivity index (χ2v) is 10.4. The molecule has 8 nitrogen and oxygen atoms in total. The van der Waals surface area contributed by atoms with Crippen molar-refractivity contribution in [2.45, 2.75) is 31.2 Å². The van der Waals surface area contributed by atoms with Crippen LogP contribution in [0.2, 0.25) is 5.02 Å². The molecule has 184 valence electrons. The summed E-state index contributed by atoms with van der Waals surface area (Å²) in [5.41, 5.74) is 1.35. The van der Waals surface area contributed by atoms with Gasteiger partial charge in [0.25, 0.3) is 15.9 Å². The van der Waals surface area contributed by atoms with Crippen molar-refractivity contribution in [3.8, 4) is 11.1 Å². The number of nitrogens with one attached hydrogen (secondary N) is 2. The van der Waals surface area contributed by atoms with Crippen LogP contribution in [-0.4, -0.2) is 42.7 Å². The summed E-state index contributed by atoms with van der Waals surface area (Å²) in [6.45, 7) is 3.86. The fourth-order valence-electron chi connectivity index (χ4n) is 3.31. The molecule has 4 N–H and O–H groups in total. The van der Waals surface area contributed by atoms with Gasteiger partial charge in [-0.1, -0.05) is 35.9 Å². The highest BCUT2D eigenvalue weighted by Crippen LogP contribution is 2.28. The SMILES string of the molecule is Cc1cc(S(=O)(=O)Nc2cccc(-c3ccc(C(=O)NC(C)(CO)C(=O)O)cc3)c2)c(C)cc1Cl. The number of hydrogen-bond donors (Lipinski definition) is 4. The van der Waals surface area contributed by atoms with Gasteiger partial charge < -0.3 is 15.5 Å². The van der Waals surface area contributed by atoms with E-state index in [1.54, 1.807) is 56.3 Å². The van der Waals surface area contributed by atoms with E-state index in [9.17, 15) is 28.2 Å². The molecule has 1 unspecified atom stereocenters. The predicted molar refractivity (Wildman–Crippen MR) is 134 cm³/mol. The molecule has 1 amide bonds. The van der Waals surface area contributed by atoms with Gasteiger partial charge in [-0.2, -0.15) is 0 Å². The van der Waals surface area contributed by atoms with Crippen LogP contribution in [0.5, 0.6) is 0 Å². The molecule has 0 bridgehead atoms. The number of carbonyl (C=O) groups excluding carboxylic acids is 1. The number of anilines is 1. The highest BCUT2D eigenvalue weighted by molar-refractivity contribution is 7.92. The Morgan fingerprint density at radius 3 is 2.23 bits per heavy atom. The summed E-state index contributed by atoms with van der Waals surface area (Å²) < 4.78 is 28.6. The number of aliphatic carboxylic acids is 1. The van der Waals surface area contributed by atoms with Crippen molar-refractivity contribution < 1.29 is 28.2 Å². The fraction of sp³-hybridized carbons (Fsp3) is 0.200. The molecule has 3 aromatic carbocycles. The first-order valence-corrected chi connectivity index (χ1v) is 12.4. The van der Waals surface area contributed by atoms with Crippen LogP contribution in [0, 0.1) is 13.8 Å². The van der Waals surface area contributed by atoms with Gasteiger partial charge in [0.2, 0.25) is 0 Å². The lowest BCUT2D eigenvalue weighted by molar-refractivity contribution is -0.145. The summed E-state index contributed by atoms with van der Waals surface area (Å²) in [5.74, 6) is -2.00. The van der Waals surface area contributed by atoms with Crippen LogP contribution in [0.25, 0.3) is 11.1 Å². The zero-order valence-corrected chi connectivity index (χ0v) is 20.9. The first-order valence-electron chi connectivity index (χ1n) is 10.5. The molecule has 0 spiro atoms. The Labute approximate surface area is 208 Å². The number of amides is 1. The van der Waals surface area contributed by atoms with Gasteiger partial charge >= 0.3 is 5.97 Å². The molecule has 0 saturated carbocycles. The third kappa shape index (κ3) is 5.82. The van der Waals surface area contributed by atoms with Crippen molar-refractivity contribution in [1.82, 2.24) is 5.32 Å². The van der Waals surface area contributed by atoms with Gasteiger partial charge in [-0.3, -0.25) is 9.52 Å². The molecule has 0 aliphatic heterocycles. The molecule has 35 heavy (non-hydrogen) atoms. The molecule has 0 fully saturated rings. The summed E-state index contributed by atoms with van der Waals surface area (Å²) in [6, 6.07) is 16.3. The second kappa shape index (κ2) is 10.1. The smallest absolute Gasteiger partial charge is 0.331 e. The summed E-state index contributed by atoms with van der Waals surface area (Å²) >= 11 is 6.09. The quantitative estimate of drug-likeness (QED) is 0.358. The fourth-order valence-corrected chi connectivity index (χ4v) is 4.89. The van der Waals surface area contributed by atoms with Crippen LogP contribution < -0.4 is 10.0 Å². The summed E-state index contributed by atoms with van der Waals surface area (Å²) in [7, 11) is -3.86. The lowest BCUT2D eigenvalue weighted by Crippen LogP contribution is -2.54. The maximum absolute atomic E-state index is 13.0. The van der Waals surface area contributed by atoms with Gasteiger partial charge in [0.1, 0.15) is 0 Å². The number of carboxylic acids is 1. The molecule has 3 aromatic rings. The number of carbonyl (C=O) groups is 2. The molecule has 10 heteroatoms. The van der Waals surface area contributed by atoms with Crippen molar-refractivity contribution in [1.29, 1.82) is 0 Å². The summed E-state index contributed by atoms with van der Waals surface area (Å²) in [6.07, 6.45) is 0. The van der Waals surface area contributed by atoms with E-state index in [1.165, 1.54) is 25.1 Å². The van der Waals surface area contributed by atoms with E-state index in [0.29, 0.717) is 33.0 Å². The first kappa shape index (κ1) is 26.2. The van der Waals surface area contributed by atoms with Crippen LogP contribution in [-0.2, 0) is 14.8 Å². The summed E-state index contributed by atoms with van der Waals surface area (Å²) in [5, 5.41) is 21.3. The van der Waals surface area contributed by atoms with Gasteiger partial charge in [0.05, 0.1) is 11.5 Å². The van der Waals surface area contributed by atoms with Crippen LogP contribution >= 0.6 is 11.6 Å². The largest absolute Gasteiger partial charge is 0.479 e. The van der Waals surface area contributed by atoms with Crippen LogP contribution in [0.15, 0.2) is 65.6 Å². The molecular formula is C25H25ClN2O6S. The highest BCUT2D eigenvalue weighted by atomic mass is 35.5. The van der Waals surface area contributed by atoms with E-state index in [1.807, 2.05) is 0 Å². The molecular weight excluding hydrogens is 492 g/mol. The average Bonchev–Trinajstić information content (AvgIpc) is 2.81. The number of benzene rings is 3. The van der Waals surface area contributed by atoms with E-state index in [2.05, 4.69) is 10.0 Å². The topological polar surface area (TPSA) is 133 Å². The number of halogens is 1. The van der Waals surface area contributed by atoms with Gasteiger partial charge in [-0.15, -0.1) is 0 Å². The monoisotopic (exact) mass is 516 g/mol. The van der Waals surface area contributed by atoms with Crippen LogP contribution in [0.4, 0.5) is 5.69 Å². The van der Waals surface area contributed by atoms with Crippen molar-refractivity contribution in [3.63, 3.8) is 0 Å². The Hall–Kier alpha value is -3.40. The number of aliphatic hydroxyl groups is 1. The standard InChI is InChI=1S/C25H25ClN2O6S/c1-15-12-22(16(2)11-21(15)26)35(33,34)28-20-6-4-5-19(13-20)17-7-9-18(10-8-17)23(30)27-25(3,14-29)24(31)32/h4-13,28-29H,14H2,1-3H3,(H,27,30)(H,31,32). The lowest BCUT2D eigenvalue weighted by atomic mass is 10.0. The lowest BCUT2D eigenvalue weighted by Gasteiger charge is -2.23. The maximum Gasteiger partial charge on any atom is 0.331 e. The van der Waals surface area contributed by atoms with Crippen LogP contribution in [0.3, 0.4) is 0 Å². The second-order valence-electron chi connectivity index (χ2n) is 8.38. The Morgan fingerprint density at radius 1 is 0.971 bits per heavy atom. The minimum absolute atomic E-state index is 0.136. The number of aryl methyl sites for hydroxylation is 2. The van der Waals surface area contributed by atoms with Gasteiger partial charge in [-0.25, -0.2) is 13.2 Å². The zero-order valence-electron chi connectivity index (χ0n) is 19.3. The molecule has 0 heterocycles. The number of carboxylic acid groups (broad SMARTS) is 1. The van der Waals surface area contributed by atoms with Crippen LogP contribution in [0.1, 0.15) is 28.4 Å². The predicted octanol–water partition coefficient (Wildman–Crippen LogP) is 3.99. The van der Waals surface area contributed by atoms with E-state index in [-0.39, 0.29) is 10.5 Å². The molecule has 3 rings (SSSR count). The van der Waals surface area contributed by atoms with Gasteiger partial charge in [0.15, 0.2) is 5.54 Å². The highest BCUT2D eigenvalue weighted by Gasteiger charge is 2.34. The van der Waals surface area contributed by atoms with Crippen molar-refractivity contribution in [2.75, 3.05) is 11.3 Å². The Balaban J connectivity index is 1.82. The molecule has 0 aliphatic rings. The Morgan fingerprint density at radius 2 is 1.63 bits per heavy atom. The van der Waals surface area contributed by atoms with E-state index in [4.69, 9.17) is 11.6 Å². The molecule has 0 aliphatic carbocycles. The maximum atomic E-state index is 13.0. The molecule has 0 radical (unpaired) electrons. The minimum atomic E-state index is -3.86. The third-order valence-electron chi connectivity index (χ3n) is 5.52.